The SMILES string of the molecule is [2H]c1c([2H])c(CC(NC(=O)c2ccc(N(Cc3cnc4nc(N)[nH]c(=O)c4n3)C(=O)C(F)(F)F)cc2)C(=O)O)c([2H])c([2H])c1O. The number of fused-ring (bicyclic) bond motifs is 1. The summed E-state index contributed by atoms with van der Waals surface area (Å²) >= 11 is 0. The number of carboxylic acid groups (broad SMARTS) is 1. The van der Waals surface area contributed by atoms with Gasteiger partial charge in [0.05, 0.1) is 23.9 Å². The molecular formula is C25H20F3N7O6. The summed E-state index contributed by atoms with van der Waals surface area (Å²) in [7, 11) is 0. The van der Waals surface area contributed by atoms with Crippen LogP contribution in [-0.2, 0) is 22.6 Å². The molecule has 2 aromatic heterocycles. The van der Waals surface area contributed by atoms with Crippen LogP contribution in [0.4, 0.5) is 24.8 Å². The number of halogens is 3. The first-order valence-electron chi connectivity index (χ1n) is 13.3. The van der Waals surface area contributed by atoms with Crippen LogP contribution in [0.25, 0.3) is 11.2 Å². The highest BCUT2D eigenvalue weighted by molar-refractivity contribution is 5.99. The van der Waals surface area contributed by atoms with Gasteiger partial charge in [-0.05, 0) is 41.9 Å². The summed E-state index contributed by atoms with van der Waals surface area (Å²) in [5.41, 5.74) is 2.84. The number of alkyl halides is 3. The number of carbonyl (C=O) groups excluding carboxylic acids is 2. The van der Waals surface area contributed by atoms with Crippen molar-refractivity contribution in [1.29, 1.82) is 0 Å². The number of hydrogen-bond acceptors (Lipinski definition) is 9. The number of nitrogens with two attached hydrogens (primary N) is 1. The van der Waals surface area contributed by atoms with Gasteiger partial charge in [-0.15, -0.1) is 0 Å². The Balaban J connectivity index is 1.60. The Morgan fingerprint density at radius 2 is 1.78 bits per heavy atom. The van der Waals surface area contributed by atoms with E-state index in [0.29, 0.717) is 0 Å². The zero-order valence-electron chi connectivity index (χ0n) is 24.4. The first-order valence-corrected chi connectivity index (χ1v) is 11.3. The van der Waals surface area contributed by atoms with E-state index in [9.17, 15) is 42.6 Å². The Morgan fingerprint density at radius 3 is 2.39 bits per heavy atom. The lowest BCUT2D eigenvalue weighted by molar-refractivity contribution is -0.170. The third-order valence-electron chi connectivity index (χ3n) is 5.41. The molecule has 4 aromatic rings. The fourth-order valence-electron chi connectivity index (χ4n) is 3.51. The van der Waals surface area contributed by atoms with Gasteiger partial charge in [-0.1, -0.05) is 12.1 Å². The summed E-state index contributed by atoms with van der Waals surface area (Å²) in [6, 6.07) is -0.879. The standard InChI is InChI=1S/C25H20F3N7O6/c26-25(27,28)23(41)35(11-14-10-30-19-18(31-14)21(38)34-24(29)33-19)15-5-3-13(4-6-15)20(37)32-17(22(39)40)9-12-1-7-16(36)8-2-12/h1-8,10,17,36H,9,11H2,(H,32,37)(H,39,40)(H3,29,30,33,34,38)/i1D,2D,7D,8D. The van der Waals surface area contributed by atoms with Crippen molar-refractivity contribution in [3.8, 4) is 5.75 Å². The zero-order valence-corrected chi connectivity index (χ0v) is 20.4. The molecule has 0 aliphatic rings. The van der Waals surface area contributed by atoms with E-state index in [4.69, 9.17) is 11.2 Å². The van der Waals surface area contributed by atoms with Crippen molar-refractivity contribution in [3.63, 3.8) is 0 Å². The van der Waals surface area contributed by atoms with E-state index in [1.165, 1.54) is 0 Å². The molecule has 0 aliphatic carbocycles. The highest BCUT2D eigenvalue weighted by Gasteiger charge is 2.43. The number of carbonyl (C=O) groups is 3. The van der Waals surface area contributed by atoms with E-state index in [1.807, 2.05) is 0 Å². The van der Waals surface area contributed by atoms with Gasteiger partial charge in [0.15, 0.2) is 11.2 Å². The Hall–Kier alpha value is -5.54. The number of aromatic nitrogens is 4. The molecule has 0 radical (unpaired) electrons. The number of H-pyrrole nitrogens is 1. The van der Waals surface area contributed by atoms with E-state index < -0.39 is 84.0 Å². The van der Waals surface area contributed by atoms with Crippen molar-refractivity contribution in [2.45, 2.75) is 25.2 Å². The summed E-state index contributed by atoms with van der Waals surface area (Å²) in [6.45, 7) is -0.814. The molecule has 0 fully saturated rings. The molecule has 2 amide bonds. The van der Waals surface area contributed by atoms with Crippen molar-refractivity contribution < 1.29 is 43.3 Å². The third kappa shape index (κ3) is 6.73. The molecular weight excluding hydrogens is 551 g/mol. The van der Waals surface area contributed by atoms with Gasteiger partial charge >= 0.3 is 18.1 Å². The van der Waals surface area contributed by atoms with Crippen LogP contribution in [0.3, 0.4) is 0 Å². The molecule has 1 atom stereocenters. The van der Waals surface area contributed by atoms with Crippen LogP contribution in [0, 0.1) is 0 Å². The summed E-state index contributed by atoms with van der Waals surface area (Å²) in [5.74, 6) is -6.17. The number of carboxylic acids is 1. The van der Waals surface area contributed by atoms with Crippen molar-refractivity contribution in [2.24, 2.45) is 0 Å². The minimum absolute atomic E-state index is 0.188. The molecule has 2 aromatic carbocycles. The third-order valence-corrected chi connectivity index (χ3v) is 5.41. The van der Waals surface area contributed by atoms with Crippen molar-refractivity contribution in [3.05, 3.63) is 81.8 Å². The van der Waals surface area contributed by atoms with Crippen LogP contribution in [0.15, 0.2) is 59.4 Å². The van der Waals surface area contributed by atoms with Gasteiger partial charge in [-0.2, -0.15) is 18.2 Å². The lowest BCUT2D eigenvalue weighted by Crippen LogP contribution is -2.42. The highest BCUT2D eigenvalue weighted by atomic mass is 19.4. The lowest BCUT2D eigenvalue weighted by Gasteiger charge is -2.24. The summed E-state index contributed by atoms with van der Waals surface area (Å²) in [4.78, 5) is 63.1. The quantitative estimate of drug-likeness (QED) is 0.205. The fraction of sp³-hybridized carbons (Fsp3) is 0.160. The van der Waals surface area contributed by atoms with Crippen LogP contribution >= 0.6 is 0 Å². The number of phenolic OH excluding ortho intramolecular Hbond substituents is 1. The van der Waals surface area contributed by atoms with Crippen LogP contribution in [0.1, 0.15) is 27.1 Å². The number of rotatable bonds is 8. The van der Waals surface area contributed by atoms with Crippen LogP contribution in [0.2, 0.25) is 0 Å². The predicted molar refractivity (Wildman–Crippen MR) is 137 cm³/mol. The number of nitrogens with one attached hydrogen (secondary N) is 2. The molecule has 4 rings (SSSR count). The number of nitrogen functional groups attached to an aromatic ring is 1. The molecule has 212 valence electrons. The van der Waals surface area contributed by atoms with Crippen LogP contribution < -0.4 is 21.5 Å². The number of anilines is 2. The molecule has 0 spiro atoms. The van der Waals surface area contributed by atoms with Crippen LogP contribution in [-0.4, -0.2) is 60.2 Å². The fourth-order valence-corrected chi connectivity index (χ4v) is 3.51. The van der Waals surface area contributed by atoms with Crippen LogP contribution in [0.5, 0.6) is 5.75 Å². The van der Waals surface area contributed by atoms with Gasteiger partial charge in [0, 0.05) is 17.7 Å². The molecule has 41 heavy (non-hydrogen) atoms. The Bertz CT molecular complexity index is 1880. The number of amides is 2. The largest absolute Gasteiger partial charge is 0.508 e. The number of aliphatic carboxylic acids is 1. The van der Waals surface area contributed by atoms with Gasteiger partial charge in [0.2, 0.25) is 5.95 Å². The molecule has 0 saturated carbocycles. The maximum atomic E-state index is 13.5. The molecule has 2 heterocycles. The van der Waals surface area contributed by atoms with E-state index in [2.05, 4.69) is 25.3 Å². The summed E-state index contributed by atoms with van der Waals surface area (Å²) in [5, 5.41) is 21.5. The predicted octanol–water partition coefficient (Wildman–Crippen LogP) is 1.52. The average molecular weight is 575 g/mol. The Labute approximate surface area is 233 Å². The number of hydrogen-bond donors (Lipinski definition) is 5. The average Bonchev–Trinajstić information content (AvgIpc) is 2.98. The molecule has 1 unspecified atom stereocenters. The second kappa shape index (κ2) is 11.3. The number of nitrogens with zero attached hydrogens (tertiary/aromatic N) is 4. The van der Waals surface area contributed by atoms with E-state index in [0.717, 1.165) is 30.5 Å². The first kappa shape index (κ1) is 23.4. The monoisotopic (exact) mass is 575 g/mol. The maximum Gasteiger partial charge on any atom is 0.471 e. The minimum atomic E-state index is -5.35. The van der Waals surface area contributed by atoms with Crippen molar-refractivity contribution in [1.82, 2.24) is 25.3 Å². The van der Waals surface area contributed by atoms with E-state index in [-0.39, 0.29) is 39.0 Å². The molecule has 6 N–H and O–H groups in total. The summed E-state index contributed by atoms with van der Waals surface area (Å²) in [6.07, 6.45) is -5.06. The van der Waals surface area contributed by atoms with Gasteiger partial charge in [-0.25, -0.2) is 14.8 Å². The first-order chi connectivity index (χ1) is 21.0. The second-order valence-electron chi connectivity index (χ2n) is 8.32. The molecule has 13 nitrogen and oxygen atoms in total. The lowest BCUT2D eigenvalue weighted by atomic mass is 10.1. The number of aromatic hydroxyl groups is 1. The van der Waals surface area contributed by atoms with Crippen molar-refractivity contribution >= 4 is 40.6 Å². The number of aromatic amines is 1. The van der Waals surface area contributed by atoms with Gasteiger partial charge < -0.3 is 21.3 Å². The number of benzene rings is 2. The molecule has 0 bridgehead atoms. The second-order valence-corrected chi connectivity index (χ2v) is 8.32. The van der Waals surface area contributed by atoms with Gasteiger partial charge in [0.1, 0.15) is 11.8 Å². The Kier molecular flexibility index (Phi) is 6.43. The zero-order chi connectivity index (χ0) is 33.4. The summed E-state index contributed by atoms with van der Waals surface area (Å²) < 4.78 is 71.7. The van der Waals surface area contributed by atoms with E-state index >= 15 is 0 Å². The molecule has 16 heteroatoms. The minimum Gasteiger partial charge on any atom is -0.508 e. The molecule has 0 saturated heterocycles. The smallest absolute Gasteiger partial charge is 0.471 e. The highest BCUT2D eigenvalue weighted by Crippen LogP contribution is 2.26. The maximum absolute atomic E-state index is 13.5. The molecule has 0 aliphatic heterocycles. The Morgan fingerprint density at radius 1 is 1.12 bits per heavy atom. The van der Waals surface area contributed by atoms with E-state index in [1.54, 1.807) is 0 Å². The normalized spacial score (nSPS) is 13.4. The van der Waals surface area contributed by atoms with Gasteiger partial charge in [-0.3, -0.25) is 24.3 Å². The van der Waals surface area contributed by atoms with Crippen molar-refractivity contribution in [2.75, 3.05) is 10.6 Å². The van der Waals surface area contributed by atoms with Gasteiger partial charge in [0.25, 0.3) is 11.5 Å². The topological polar surface area (TPSA) is 204 Å². The number of phenols is 1.